The second-order valence-electron chi connectivity index (χ2n) is 5.50. The van der Waals surface area contributed by atoms with Gasteiger partial charge in [-0.2, -0.15) is 0 Å². The Morgan fingerprint density at radius 2 is 1.90 bits per heavy atom. The van der Waals surface area contributed by atoms with Gasteiger partial charge < -0.3 is 5.73 Å². The number of nitrogen functional groups attached to an aromatic ring is 1. The van der Waals surface area contributed by atoms with E-state index in [9.17, 15) is 0 Å². The Balaban J connectivity index is 2.14. The summed E-state index contributed by atoms with van der Waals surface area (Å²) in [4.78, 5) is 11.4. The van der Waals surface area contributed by atoms with Crippen LogP contribution >= 0.6 is 0 Å². The van der Waals surface area contributed by atoms with Crippen molar-refractivity contribution < 1.29 is 0 Å². The van der Waals surface area contributed by atoms with Crippen molar-refractivity contribution in [2.45, 2.75) is 40.8 Å². The van der Waals surface area contributed by atoms with Gasteiger partial charge in [-0.3, -0.25) is 14.9 Å². The molecule has 0 amide bonds. The second kappa shape index (κ2) is 6.68. The van der Waals surface area contributed by atoms with Crippen LogP contribution in [-0.2, 0) is 13.1 Å². The highest BCUT2D eigenvalue weighted by molar-refractivity contribution is 5.53. The fourth-order valence-corrected chi connectivity index (χ4v) is 2.36. The smallest absolute Gasteiger partial charge is 0.0593 e. The van der Waals surface area contributed by atoms with Crippen molar-refractivity contribution in [3.05, 3.63) is 52.6 Å². The molecule has 0 atom stereocenters. The number of aryl methyl sites for hydroxylation is 2. The molecule has 0 saturated carbocycles. The van der Waals surface area contributed by atoms with Crippen molar-refractivity contribution in [2.75, 3.05) is 12.3 Å². The number of hydrogen-bond donors (Lipinski definition) is 1. The minimum absolute atomic E-state index is 0.794. The molecule has 21 heavy (non-hydrogen) atoms. The zero-order valence-corrected chi connectivity index (χ0v) is 13.3. The van der Waals surface area contributed by atoms with Crippen LogP contribution in [-0.4, -0.2) is 21.4 Å². The fourth-order valence-electron chi connectivity index (χ4n) is 2.36. The lowest BCUT2D eigenvalue weighted by atomic mass is 10.1. The lowest BCUT2D eigenvalue weighted by molar-refractivity contribution is 0.264. The summed E-state index contributed by atoms with van der Waals surface area (Å²) in [5.41, 5.74) is 12.3. The van der Waals surface area contributed by atoms with Crippen LogP contribution in [0.3, 0.4) is 0 Å². The molecule has 0 saturated heterocycles. The van der Waals surface area contributed by atoms with Gasteiger partial charge in [0.2, 0.25) is 0 Å². The van der Waals surface area contributed by atoms with Gasteiger partial charge in [0, 0.05) is 30.7 Å². The Labute approximate surface area is 127 Å². The predicted octanol–water partition coefficient (Wildman–Crippen LogP) is 3.01. The molecule has 2 aromatic rings. The van der Waals surface area contributed by atoms with Crippen molar-refractivity contribution in [1.29, 1.82) is 0 Å². The van der Waals surface area contributed by atoms with Crippen molar-refractivity contribution in [2.24, 2.45) is 0 Å². The van der Waals surface area contributed by atoms with E-state index in [-0.39, 0.29) is 0 Å². The van der Waals surface area contributed by atoms with Crippen molar-refractivity contribution >= 4 is 5.69 Å². The molecule has 4 heteroatoms. The molecule has 4 nitrogen and oxygen atoms in total. The number of nitrogens with zero attached hydrogens (tertiary/aromatic N) is 3. The van der Waals surface area contributed by atoms with Gasteiger partial charge in [-0.05, 0) is 50.6 Å². The van der Waals surface area contributed by atoms with Gasteiger partial charge in [0.1, 0.15) is 0 Å². The van der Waals surface area contributed by atoms with E-state index in [2.05, 4.69) is 33.9 Å². The minimum atomic E-state index is 0.794. The van der Waals surface area contributed by atoms with Gasteiger partial charge in [-0.25, -0.2) is 0 Å². The monoisotopic (exact) mass is 284 g/mol. The fraction of sp³-hybridized carbons (Fsp3) is 0.412. The lowest BCUT2D eigenvalue weighted by Crippen LogP contribution is -2.24. The number of rotatable bonds is 5. The van der Waals surface area contributed by atoms with Crippen LogP contribution in [0.25, 0.3) is 0 Å². The maximum atomic E-state index is 6.10. The normalized spacial score (nSPS) is 11.1. The zero-order chi connectivity index (χ0) is 15.4. The highest BCUT2D eigenvalue weighted by atomic mass is 15.1. The molecular weight excluding hydrogens is 260 g/mol. The average Bonchev–Trinajstić information content (AvgIpc) is 2.47. The van der Waals surface area contributed by atoms with E-state index in [0.29, 0.717) is 0 Å². The van der Waals surface area contributed by atoms with E-state index in [1.807, 2.05) is 33.0 Å². The van der Waals surface area contributed by atoms with Crippen molar-refractivity contribution in [3.8, 4) is 0 Å². The number of pyridine rings is 2. The van der Waals surface area contributed by atoms with Gasteiger partial charge in [-0.15, -0.1) is 0 Å². The summed E-state index contributed by atoms with van der Waals surface area (Å²) < 4.78 is 0. The van der Waals surface area contributed by atoms with Crippen LogP contribution in [0.4, 0.5) is 5.69 Å². The zero-order valence-electron chi connectivity index (χ0n) is 13.3. The molecule has 2 heterocycles. The molecule has 2 aromatic heterocycles. The molecular formula is C17H24N4. The largest absolute Gasteiger partial charge is 0.398 e. The van der Waals surface area contributed by atoms with Gasteiger partial charge in [0.15, 0.2) is 0 Å². The van der Waals surface area contributed by atoms with Crippen molar-refractivity contribution in [3.63, 3.8) is 0 Å². The molecule has 2 N–H and O–H groups in total. The maximum Gasteiger partial charge on any atom is 0.0593 e. The molecule has 0 radical (unpaired) electrons. The molecule has 0 aliphatic rings. The third kappa shape index (κ3) is 3.79. The van der Waals surface area contributed by atoms with Gasteiger partial charge in [0.25, 0.3) is 0 Å². The SMILES string of the molecule is CCN(Cc1cccc(C)n1)Cc1ncc(C)c(N)c1C. The third-order valence-electron chi connectivity index (χ3n) is 3.83. The molecule has 2 rings (SSSR count). The Morgan fingerprint density at radius 3 is 2.57 bits per heavy atom. The standard InChI is InChI=1S/C17H24N4/c1-5-21(10-15-8-6-7-13(3)20-15)11-16-14(4)17(18)12(2)9-19-16/h6-9H,5,10-11H2,1-4H3,(H2,18,19). The number of hydrogen-bond acceptors (Lipinski definition) is 4. The van der Waals surface area contributed by atoms with Crippen LogP contribution in [0.2, 0.25) is 0 Å². The lowest BCUT2D eigenvalue weighted by Gasteiger charge is -2.21. The minimum Gasteiger partial charge on any atom is -0.398 e. The van der Waals surface area contributed by atoms with Crippen LogP contribution in [0.5, 0.6) is 0 Å². The Morgan fingerprint density at radius 1 is 1.14 bits per heavy atom. The maximum absolute atomic E-state index is 6.10. The van der Waals surface area contributed by atoms with Crippen LogP contribution < -0.4 is 5.73 Å². The van der Waals surface area contributed by atoms with Crippen molar-refractivity contribution in [1.82, 2.24) is 14.9 Å². The highest BCUT2D eigenvalue weighted by Gasteiger charge is 2.11. The van der Waals surface area contributed by atoms with Crippen LogP contribution in [0.1, 0.15) is 35.1 Å². The summed E-state index contributed by atoms with van der Waals surface area (Å²) in [6.45, 7) is 10.8. The van der Waals surface area contributed by atoms with E-state index < -0.39 is 0 Å². The predicted molar refractivity (Wildman–Crippen MR) is 86.9 cm³/mol. The van der Waals surface area contributed by atoms with E-state index >= 15 is 0 Å². The number of nitrogens with two attached hydrogens (primary N) is 1. The Kier molecular flexibility index (Phi) is 4.91. The first-order valence-corrected chi connectivity index (χ1v) is 7.36. The van der Waals surface area contributed by atoms with Gasteiger partial charge >= 0.3 is 0 Å². The highest BCUT2D eigenvalue weighted by Crippen LogP contribution is 2.19. The summed E-state index contributed by atoms with van der Waals surface area (Å²) in [6, 6.07) is 6.14. The summed E-state index contributed by atoms with van der Waals surface area (Å²) in [5, 5.41) is 0. The van der Waals surface area contributed by atoms with E-state index in [0.717, 1.165) is 53.5 Å². The third-order valence-corrected chi connectivity index (χ3v) is 3.83. The second-order valence-corrected chi connectivity index (χ2v) is 5.50. The molecule has 112 valence electrons. The summed E-state index contributed by atoms with van der Waals surface area (Å²) in [6.07, 6.45) is 1.86. The molecule has 0 aliphatic heterocycles. The van der Waals surface area contributed by atoms with Gasteiger partial charge in [-0.1, -0.05) is 13.0 Å². The average molecular weight is 284 g/mol. The molecule has 0 spiro atoms. The number of aromatic nitrogens is 2. The summed E-state index contributed by atoms with van der Waals surface area (Å²) in [5.74, 6) is 0. The first kappa shape index (κ1) is 15.4. The molecule has 0 aromatic carbocycles. The summed E-state index contributed by atoms with van der Waals surface area (Å²) in [7, 11) is 0. The topological polar surface area (TPSA) is 55.0 Å². The Hall–Kier alpha value is -1.94. The molecule has 0 unspecified atom stereocenters. The molecule has 0 bridgehead atoms. The van der Waals surface area contributed by atoms with Crippen LogP contribution in [0, 0.1) is 20.8 Å². The van der Waals surface area contributed by atoms with Crippen LogP contribution in [0.15, 0.2) is 24.4 Å². The van der Waals surface area contributed by atoms with E-state index in [4.69, 9.17) is 5.73 Å². The van der Waals surface area contributed by atoms with Gasteiger partial charge in [0.05, 0.1) is 11.4 Å². The van der Waals surface area contributed by atoms with E-state index in [1.54, 1.807) is 0 Å². The summed E-state index contributed by atoms with van der Waals surface area (Å²) >= 11 is 0. The first-order chi connectivity index (χ1) is 10.0. The number of anilines is 1. The quantitative estimate of drug-likeness (QED) is 0.917. The molecule has 0 fully saturated rings. The van der Waals surface area contributed by atoms with E-state index in [1.165, 1.54) is 0 Å². The molecule has 0 aliphatic carbocycles. The first-order valence-electron chi connectivity index (χ1n) is 7.36. The Bertz CT molecular complexity index is 622.